The van der Waals surface area contributed by atoms with Crippen LogP contribution in [0, 0.1) is 20.8 Å². The van der Waals surface area contributed by atoms with Gasteiger partial charge in [-0.05, 0) is 44.9 Å². The zero-order chi connectivity index (χ0) is 11.0. The molecule has 1 aromatic carbocycles. The summed E-state index contributed by atoms with van der Waals surface area (Å²) in [6.45, 7) is 9.43. The smallest absolute Gasteiger partial charge is 0.105 e. The third-order valence-corrected chi connectivity index (χ3v) is 3.58. The highest BCUT2D eigenvalue weighted by atomic mass is 32.1. The Kier molecular flexibility index (Phi) is 2.65. The summed E-state index contributed by atoms with van der Waals surface area (Å²) in [4.78, 5) is 4.59. The van der Waals surface area contributed by atoms with Crippen molar-refractivity contribution in [1.82, 2.24) is 4.98 Å². The molecule has 0 spiro atoms. The minimum atomic E-state index is 0.940. The van der Waals surface area contributed by atoms with Crippen LogP contribution in [-0.4, -0.2) is 11.5 Å². The number of benzene rings is 1. The first-order valence-electron chi connectivity index (χ1n) is 5.24. The van der Waals surface area contributed by atoms with Gasteiger partial charge in [-0.2, -0.15) is 0 Å². The van der Waals surface area contributed by atoms with Crippen molar-refractivity contribution < 1.29 is 0 Å². The lowest BCUT2D eigenvalue weighted by Gasteiger charge is -2.10. The fourth-order valence-electron chi connectivity index (χ4n) is 1.79. The van der Waals surface area contributed by atoms with Gasteiger partial charge in [-0.3, -0.25) is 0 Å². The molecule has 80 valence electrons. The van der Waals surface area contributed by atoms with Crippen molar-refractivity contribution in [2.75, 3.05) is 11.9 Å². The molecule has 0 saturated carbocycles. The molecule has 0 atom stereocenters. The summed E-state index contributed by atoms with van der Waals surface area (Å²) in [6, 6.07) is 2.23. The van der Waals surface area contributed by atoms with Crippen LogP contribution < -0.4 is 5.32 Å². The molecule has 1 N–H and O–H groups in total. The van der Waals surface area contributed by atoms with Crippen LogP contribution in [0.5, 0.6) is 0 Å². The molecule has 2 aromatic rings. The molecule has 15 heavy (non-hydrogen) atoms. The summed E-state index contributed by atoms with van der Waals surface area (Å²) in [5, 5.41) is 4.55. The molecule has 0 unspecified atom stereocenters. The highest BCUT2D eigenvalue weighted by Crippen LogP contribution is 2.32. The normalized spacial score (nSPS) is 10.9. The maximum absolute atomic E-state index is 4.59. The van der Waals surface area contributed by atoms with Crippen molar-refractivity contribution in [3.63, 3.8) is 0 Å². The lowest BCUT2D eigenvalue weighted by molar-refractivity contribution is 1.19. The molecule has 0 aliphatic rings. The van der Waals surface area contributed by atoms with Gasteiger partial charge in [0, 0.05) is 6.54 Å². The van der Waals surface area contributed by atoms with Crippen LogP contribution in [-0.2, 0) is 0 Å². The molecule has 0 radical (unpaired) electrons. The predicted octanol–water partition coefficient (Wildman–Crippen LogP) is 3.65. The van der Waals surface area contributed by atoms with Gasteiger partial charge < -0.3 is 5.32 Å². The molecule has 0 amide bonds. The Morgan fingerprint density at radius 2 is 2.07 bits per heavy atom. The van der Waals surface area contributed by atoms with Crippen LogP contribution in [0.4, 0.5) is 5.69 Å². The van der Waals surface area contributed by atoms with Gasteiger partial charge in [0.2, 0.25) is 0 Å². The van der Waals surface area contributed by atoms with Crippen LogP contribution in [0.25, 0.3) is 10.2 Å². The summed E-state index contributed by atoms with van der Waals surface area (Å²) < 4.78 is 1.28. The Bertz CT molecular complexity index is 500. The van der Waals surface area contributed by atoms with Crippen molar-refractivity contribution in [3.8, 4) is 0 Å². The van der Waals surface area contributed by atoms with Crippen LogP contribution in [0.15, 0.2) is 6.07 Å². The van der Waals surface area contributed by atoms with Crippen molar-refractivity contribution >= 4 is 27.2 Å². The number of hydrogen-bond acceptors (Lipinski definition) is 3. The maximum atomic E-state index is 4.59. The zero-order valence-electron chi connectivity index (χ0n) is 9.64. The summed E-state index contributed by atoms with van der Waals surface area (Å²) in [6.07, 6.45) is 0. The summed E-state index contributed by atoms with van der Waals surface area (Å²) in [5.74, 6) is 0. The first kappa shape index (κ1) is 10.4. The van der Waals surface area contributed by atoms with E-state index in [2.05, 4.69) is 44.1 Å². The summed E-state index contributed by atoms with van der Waals surface area (Å²) >= 11 is 1.76. The monoisotopic (exact) mass is 220 g/mol. The number of rotatable bonds is 2. The molecule has 2 rings (SSSR count). The number of fused-ring (bicyclic) bond motifs is 1. The number of nitrogens with one attached hydrogen (secondary N) is 1. The Hall–Kier alpha value is -1.09. The van der Waals surface area contributed by atoms with Gasteiger partial charge in [0.15, 0.2) is 0 Å². The number of hydrogen-bond donors (Lipinski definition) is 1. The molecule has 0 aliphatic heterocycles. The molecule has 1 aromatic heterocycles. The lowest BCUT2D eigenvalue weighted by atomic mass is 10.1. The van der Waals surface area contributed by atoms with Gasteiger partial charge >= 0.3 is 0 Å². The maximum Gasteiger partial charge on any atom is 0.105 e. The Labute approximate surface area is 94.3 Å². The number of aryl methyl sites for hydroxylation is 2. The highest BCUT2D eigenvalue weighted by Gasteiger charge is 2.10. The average molecular weight is 220 g/mol. The number of anilines is 1. The summed E-state index contributed by atoms with van der Waals surface area (Å²) in [7, 11) is 0. The fraction of sp³-hybridized carbons (Fsp3) is 0.417. The Morgan fingerprint density at radius 1 is 1.33 bits per heavy atom. The van der Waals surface area contributed by atoms with E-state index in [0.29, 0.717) is 0 Å². The van der Waals surface area contributed by atoms with Crippen LogP contribution >= 0.6 is 11.3 Å². The van der Waals surface area contributed by atoms with Crippen molar-refractivity contribution in [2.24, 2.45) is 0 Å². The fourth-order valence-corrected chi connectivity index (χ4v) is 2.73. The molecule has 3 heteroatoms. The molecule has 0 aliphatic carbocycles. The van der Waals surface area contributed by atoms with E-state index in [4.69, 9.17) is 0 Å². The van der Waals surface area contributed by atoms with Gasteiger partial charge in [0.1, 0.15) is 5.52 Å². The standard InChI is InChI=1S/C12H16N2S/c1-5-13-11-8(3)7(2)6-10-12(11)14-9(4)15-10/h6,13H,5H2,1-4H3. The summed E-state index contributed by atoms with van der Waals surface area (Å²) in [5.41, 5.74) is 4.98. The van der Waals surface area contributed by atoms with Crippen LogP contribution in [0.2, 0.25) is 0 Å². The van der Waals surface area contributed by atoms with Crippen molar-refractivity contribution in [1.29, 1.82) is 0 Å². The lowest BCUT2D eigenvalue weighted by Crippen LogP contribution is -2.01. The molecule has 0 saturated heterocycles. The zero-order valence-corrected chi connectivity index (χ0v) is 10.5. The number of thiazole rings is 1. The van der Waals surface area contributed by atoms with Gasteiger partial charge in [0.25, 0.3) is 0 Å². The SMILES string of the molecule is CCNc1c(C)c(C)cc2sc(C)nc12. The minimum Gasteiger partial charge on any atom is -0.383 e. The second-order valence-corrected chi connectivity index (χ2v) is 5.04. The van der Waals surface area contributed by atoms with E-state index in [9.17, 15) is 0 Å². The first-order chi connectivity index (χ1) is 7.13. The van der Waals surface area contributed by atoms with Crippen molar-refractivity contribution in [3.05, 3.63) is 22.2 Å². The molecule has 0 bridgehead atoms. The number of nitrogens with zero attached hydrogens (tertiary/aromatic N) is 1. The third kappa shape index (κ3) is 1.72. The minimum absolute atomic E-state index is 0.940. The largest absolute Gasteiger partial charge is 0.383 e. The van der Waals surface area contributed by atoms with Gasteiger partial charge in [-0.1, -0.05) is 0 Å². The Balaban J connectivity index is 2.76. The molecule has 2 nitrogen and oxygen atoms in total. The van der Waals surface area contributed by atoms with Gasteiger partial charge in [-0.25, -0.2) is 4.98 Å². The van der Waals surface area contributed by atoms with Gasteiger partial charge in [0.05, 0.1) is 15.4 Å². The van der Waals surface area contributed by atoms with E-state index in [1.807, 2.05) is 0 Å². The average Bonchev–Trinajstić information content (AvgIpc) is 2.53. The number of aromatic nitrogens is 1. The topological polar surface area (TPSA) is 24.9 Å². The quantitative estimate of drug-likeness (QED) is 0.835. The Morgan fingerprint density at radius 3 is 2.73 bits per heavy atom. The molecule has 1 heterocycles. The second kappa shape index (κ2) is 3.81. The highest BCUT2D eigenvalue weighted by molar-refractivity contribution is 7.18. The van der Waals surface area contributed by atoms with Crippen molar-refractivity contribution in [2.45, 2.75) is 27.7 Å². The molecular formula is C12H16N2S. The predicted molar refractivity (Wildman–Crippen MR) is 68.0 cm³/mol. The van der Waals surface area contributed by atoms with Gasteiger partial charge in [-0.15, -0.1) is 11.3 Å². The second-order valence-electron chi connectivity index (χ2n) is 3.80. The third-order valence-electron chi connectivity index (χ3n) is 2.66. The van der Waals surface area contributed by atoms with E-state index in [0.717, 1.165) is 17.1 Å². The van der Waals surface area contributed by atoms with E-state index in [-0.39, 0.29) is 0 Å². The van der Waals surface area contributed by atoms with E-state index < -0.39 is 0 Å². The van der Waals surface area contributed by atoms with E-state index >= 15 is 0 Å². The van der Waals surface area contributed by atoms with E-state index in [1.54, 1.807) is 11.3 Å². The van der Waals surface area contributed by atoms with E-state index in [1.165, 1.54) is 21.5 Å². The van der Waals surface area contributed by atoms with Crippen LogP contribution in [0.1, 0.15) is 23.1 Å². The van der Waals surface area contributed by atoms with Crippen LogP contribution in [0.3, 0.4) is 0 Å². The molecule has 0 fully saturated rings. The first-order valence-corrected chi connectivity index (χ1v) is 6.06. The molecular weight excluding hydrogens is 204 g/mol.